The van der Waals surface area contributed by atoms with Crippen LogP contribution in [0.2, 0.25) is 0 Å². The molecule has 3 nitrogen and oxygen atoms in total. The first-order valence-electron chi connectivity index (χ1n) is 6.89. The molecule has 2 rings (SSSR count). The van der Waals surface area contributed by atoms with E-state index in [1.54, 1.807) is 0 Å². The number of sulfone groups is 1. The van der Waals surface area contributed by atoms with Crippen molar-refractivity contribution in [1.82, 2.24) is 5.32 Å². The normalized spacial score (nSPS) is 23.1. The average Bonchev–Trinajstić information content (AvgIpc) is 2.84. The topological polar surface area (TPSA) is 46.2 Å². The summed E-state index contributed by atoms with van der Waals surface area (Å²) in [6.45, 7) is 2.74. The highest BCUT2D eigenvalue weighted by Crippen LogP contribution is 2.31. The Hall–Kier alpha value is -1.01. The van der Waals surface area contributed by atoms with Gasteiger partial charge in [0.2, 0.25) is 0 Å². The van der Waals surface area contributed by atoms with Gasteiger partial charge in [-0.1, -0.05) is 13.3 Å². The first-order chi connectivity index (χ1) is 9.46. The number of halogens is 2. The zero-order chi connectivity index (χ0) is 14.8. The van der Waals surface area contributed by atoms with Gasteiger partial charge >= 0.3 is 0 Å². The maximum absolute atomic E-state index is 13.7. The highest BCUT2D eigenvalue weighted by atomic mass is 32.2. The SMILES string of the molecule is CCCNC1CCCC1S(=O)(=O)c1ccc(F)cc1F. The molecule has 0 amide bonds. The summed E-state index contributed by atoms with van der Waals surface area (Å²) < 4.78 is 51.7. The van der Waals surface area contributed by atoms with Gasteiger partial charge in [-0.25, -0.2) is 17.2 Å². The monoisotopic (exact) mass is 303 g/mol. The van der Waals surface area contributed by atoms with Crippen LogP contribution in [0.15, 0.2) is 23.1 Å². The summed E-state index contributed by atoms with van der Waals surface area (Å²) >= 11 is 0. The largest absolute Gasteiger partial charge is 0.313 e. The lowest BCUT2D eigenvalue weighted by molar-refractivity contribution is 0.499. The second-order valence-electron chi connectivity index (χ2n) is 5.15. The molecule has 0 heterocycles. The Morgan fingerprint density at radius 2 is 2.05 bits per heavy atom. The van der Waals surface area contributed by atoms with Gasteiger partial charge in [0.1, 0.15) is 16.5 Å². The number of benzene rings is 1. The second-order valence-corrected chi connectivity index (χ2v) is 7.29. The lowest BCUT2D eigenvalue weighted by Crippen LogP contribution is -2.40. The van der Waals surface area contributed by atoms with Gasteiger partial charge in [0.15, 0.2) is 9.84 Å². The smallest absolute Gasteiger partial charge is 0.185 e. The van der Waals surface area contributed by atoms with Crippen molar-refractivity contribution in [3.8, 4) is 0 Å². The quantitative estimate of drug-likeness (QED) is 0.851. The molecule has 0 aromatic heterocycles. The van der Waals surface area contributed by atoms with E-state index in [1.807, 2.05) is 6.92 Å². The zero-order valence-electron chi connectivity index (χ0n) is 11.4. The molecule has 1 fully saturated rings. The van der Waals surface area contributed by atoms with Gasteiger partial charge in [-0.15, -0.1) is 0 Å². The highest BCUT2D eigenvalue weighted by molar-refractivity contribution is 7.92. The Bertz CT molecular complexity index is 575. The lowest BCUT2D eigenvalue weighted by Gasteiger charge is -2.21. The molecule has 2 unspecified atom stereocenters. The van der Waals surface area contributed by atoms with E-state index in [0.717, 1.165) is 37.9 Å². The Morgan fingerprint density at radius 1 is 1.30 bits per heavy atom. The van der Waals surface area contributed by atoms with Crippen LogP contribution in [0.25, 0.3) is 0 Å². The summed E-state index contributed by atoms with van der Waals surface area (Å²) in [7, 11) is -3.77. The highest BCUT2D eigenvalue weighted by Gasteiger charge is 2.39. The molecular formula is C14H19F2NO2S. The van der Waals surface area contributed by atoms with Gasteiger partial charge in [-0.05, 0) is 37.9 Å². The molecule has 0 saturated heterocycles. The van der Waals surface area contributed by atoms with Crippen LogP contribution in [0.1, 0.15) is 32.6 Å². The Kier molecular flexibility index (Phi) is 4.75. The van der Waals surface area contributed by atoms with Crippen LogP contribution in [0.4, 0.5) is 8.78 Å². The number of rotatable bonds is 5. The van der Waals surface area contributed by atoms with Gasteiger partial charge in [-0.2, -0.15) is 0 Å². The molecule has 1 aliphatic carbocycles. The lowest BCUT2D eigenvalue weighted by atomic mass is 10.2. The maximum Gasteiger partial charge on any atom is 0.185 e. The summed E-state index contributed by atoms with van der Waals surface area (Å²) in [4.78, 5) is -0.394. The van der Waals surface area contributed by atoms with Crippen molar-refractivity contribution in [3.63, 3.8) is 0 Å². The number of hydrogen-bond acceptors (Lipinski definition) is 3. The van der Waals surface area contributed by atoms with Crippen LogP contribution in [0.5, 0.6) is 0 Å². The van der Waals surface area contributed by atoms with E-state index in [-0.39, 0.29) is 6.04 Å². The van der Waals surface area contributed by atoms with Crippen molar-refractivity contribution in [2.24, 2.45) is 0 Å². The molecule has 1 aromatic carbocycles. The second kappa shape index (κ2) is 6.18. The summed E-state index contributed by atoms with van der Waals surface area (Å²) in [5, 5.41) is 2.58. The van der Waals surface area contributed by atoms with Crippen LogP contribution >= 0.6 is 0 Å². The summed E-state index contributed by atoms with van der Waals surface area (Å²) in [6.07, 6.45) is 3.00. The number of hydrogen-bond donors (Lipinski definition) is 1. The van der Waals surface area contributed by atoms with Gasteiger partial charge in [0.05, 0.1) is 5.25 Å². The van der Waals surface area contributed by atoms with E-state index in [1.165, 1.54) is 0 Å². The standard InChI is InChI=1S/C14H19F2NO2S/c1-2-8-17-12-4-3-5-14(12)20(18,19)13-7-6-10(15)9-11(13)16/h6-7,9,12,14,17H,2-5,8H2,1H3. The minimum absolute atomic E-state index is 0.149. The van der Waals surface area contributed by atoms with Crippen molar-refractivity contribution in [1.29, 1.82) is 0 Å². The van der Waals surface area contributed by atoms with Gasteiger partial charge in [0, 0.05) is 12.1 Å². The molecule has 2 atom stereocenters. The van der Waals surface area contributed by atoms with E-state index in [2.05, 4.69) is 5.32 Å². The third-order valence-electron chi connectivity index (χ3n) is 3.71. The fraction of sp³-hybridized carbons (Fsp3) is 0.571. The fourth-order valence-electron chi connectivity index (χ4n) is 2.73. The molecule has 0 spiro atoms. The van der Waals surface area contributed by atoms with Crippen LogP contribution in [0, 0.1) is 11.6 Å². The molecule has 1 aromatic rings. The van der Waals surface area contributed by atoms with Crippen molar-refractivity contribution in [2.75, 3.05) is 6.54 Å². The van der Waals surface area contributed by atoms with Crippen molar-refractivity contribution in [2.45, 2.75) is 48.8 Å². The molecular weight excluding hydrogens is 284 g/mol. The zero-order valence-corrected chi connectivity index (χ0v) is 12.2. The van der Waals surface area contributed by atoms with Crippen LogP contribution in [-0.2, 0) is 9.84 Å². The van der Waals surface area contributed by atoms with Gasteiger partial charge < -0.3 is 5.32 Å². The molecule has 0 radical (unpaired) electrons. The summed E-state index contributed by atoms with van der Waals surface area (Å²) in [6, 6.07) is 2.48. The van der Waals surface area contributed by atoms with Crippen LogP contribution in [0.3, 0.4) is 0 Å². The van der Waals surface area contributed by atoms with Crippen molar-refractivity contribution >= 4 is 9.84 Å². The Morgan fingerprint density at radius 3 is 2.70 bits per heavy atom. The minimum Gasteiger partial charge on any atom is -0.313 e. The fourth-order valence-corrected chi connectivity index (χ4v) is 4.79. The minimum atomic E-state index is -3.77. The predicted octanol–water partition coefficient (Wildman–Crippen LogP) is 2.66. The third-order valence-corrected chi connectivity index (χ3v) is 6.01. The van der Waals surface area contributed by atoms with Crippen molar-refractivity contribution in [3.05, 3.63) is 29.8 Å². The Balaban J connectivity index is 2.29. The van der Waals surface area contributed by atoms with E-state index >= 15 is 0 Å². The third kappa shape index (κ3) is 3.01. The summed E-state index contributed by atoms with van der Waals surface area (Å²) in [5.74, 6) is -1.78. The molecule has 6 heteroatoms. The molecule has 0 bridgehead atoms. The van der Waals surface area contributed by atoms with Gasteiger partial charge in [-0.3, -0.25) is 0 Å². The molecule has 112 valence electrons. The molecule has 1 aliphatic rings. The maximum atomic E-state index is 13.7. The van der Waals surface area contributed by atoms with E-state index < -0.39 is 31.6 Å². The molecule has 1 saturated carbocycles. The first-order valence-corrected chi connectivity index (χ1v) is 8.43. The molecule has 0 aliphatic heterocycles. The summed E-state index contributed by atoms with van der Waals surface area (Å²) in [5.41, 5.74) is 0. The van der Waals surface area contributed by atoms with Gasteiger partial charge in [0.25, 0.3) is 0 Å². The molecule has 1 N–H and O–H groups in total. The van der Waals surface area contributed by atoms with E-state index in [4.69, 9.17) is 0 Å². The first kappa shape index (κ1) is 15.4. The average molecular weight is 303 g/mol. The van der Waals surface area contributed by atoms with Crippen molar-refractivity contribution < 1.29 is 17.2 Å². The van der Waals surface area contributed by atoms with E-state index in [0.29, 0.717) is 12.5 Å². The van der Waals surface area contributed by atoms with Crippen LogP contribution < -0.4 is 5.32 Å². The van der Waals surface area contributed by atoms with Crippen LogP contribution in [-0.4, -0.2) is 26.3 Å². The number of nitrogens with one attached hydrogen (secondary N) is 1. The predicted molar refractivity (Wildman–Crippen MR) is 73.3 cm³/mol. The Labute approximate surface area is 118 Å². The van der Waals surface area contributed by atoms with E-state index in [9.17, 15) is 17.2 Å². The molecule has 20 heavy (non-hydrogen) atoms.